The lowest BCUT2D eigenvalue weighted by atomic mass is 10.0. The van der Waals surface area contributed by atoms with Crippen LogP contribution in [0.4, 0.5) is 4.79 Å². The quantitative estimate of drug-likeness (QED) is 0.755. The molecule has 2 heterocycles. The predicted molar refractivity (Wildman–Crippen MR) is 66.4 cm³/mol. The molecule has 0 spiro atoms. The highest BCUT2D eigenvalue weighted by Crippen LogP contribution is 2.16. The SMILES string of the molecule is CN1CCCCC1CNC(=O)N1CC(C(=O)O)C1. The molecule has 0 radical (unpaired) electrons. The molecule has 1 unspecified atom stereocenters. The van der Waals surface area contributed by atoms with E-state index < -0.39 is 5.97 Å². The van der Waals surface area contributed by atoms with Crippen molar-refractivity contribution in [1.82, 2.24) is 15.1 Å². The molecular weight excluding hydrogens is 234 g/mol. The number of aliphatic carboxylic acids is 1. The number of carbonyl (C=O) groups excluding carboxylic acids is 1. The van der Waals surface area contributed by atoms with Gasteiger partial charge in [0.2, 0.25) is 0 Å². The van der Waals surface area contributed by atoms with Crippen molar-refractivity contribution >= 4 is 12.0 Å². The van der Waals surface area contributed by atoms with Gasteiger partial charge < -0.3 is 20.2 Å². The Morgan fingerprint density at radius 2 is 2.06 bits per heavy atom. The number of carbonyl (C=O) groups is 2. The van der Waals surface area contributed by atoms with Crippen molar-refractivity contribution in [3.05, 3.63) is 0 Å². The molecule has 2 saturated heterocycles. The molecule has 18 heavy (non-hydrogen) atoms. The number of hydrogen-bond acceptors (Lipinski definition) is 3. The van der Waals surface area contributed by atoms with Crippen LogP contribution in [-0.4, -0.2) is 66.2 Å². The summed E-state index contributed by atoms with van der Waals surface area (Å²) >= 11 is 0. The average molecular weight is 255 g/mol. The largest absolute Gasteiger partial charge is 0.481 e. The van der Waals surface area contributed by atoms with Crippen LogP contribution >= 0.6 is 0 Å². The van der Waals surface area contributed by atoms with Gasteiger partial charge in [0, 0.05) is 25.7 Å². The number of likely N-dealkylation sites (N-methyl/N-ethyl adjacent to an activating group) is 1. The van der Waals surface area contributed by atoms with Crippen molar-refractivity contribution in [2.45, 2.75) is 25.3 Å². The molecule has 0 bridgehead atoms. The maximum atomic E-state index is 11.7. The van der Waals surface area contributed by atoms with Crippen LogP contribution in [0.2, 0.25) is 0 Å². The molecule has 2 amide bonds. The van der Waals surface area contributed by atoms with Gasteiger partial charge in [-0.15, -0.1) is 0 Å². The summed E-state index contributed by atoms with van der Waals surface area (Å²) in [6.45, 7) is 2.41. The maximum absolute atomic E-state index is 11.7. The Morgan fingerprint density at radius 3 is 2.67 bits per heavy atom. The van der Waals surface area contributed by atoms with Gasteiger partial charge in [-0.2, -0.15) is 0 Å². The highest BCUT2D eigenvalue weighted by molar-refractivity contribution is 5.79. The van der Waals surface area contributed by atoms with E-state index in [-0.39, 0.29) is 11.9 Å². The Labute approximate surface area is 107 Å². The first-order chi connectivity index (χ1) is 8.58. The molecule has 6 heteroatoms. The van der Waals surface area contributed by atoms with Gasteiger partial charge in [0.15, 0.2) is 0 Å². The maximum Gasteiger partial charge on any atom is 0.317 e. The molecule has 1 atom stereocenters. The lowest BCUT2D eigenvalue weighted by Gasteiger charge is -2.38. The van der Waals surface area contributed by atoms with Gasteiger partial charge in [-0.25, -0.2) is 4.79 Å². The van der Waals surface area contributed by atoms with E-state index in [1.807, 2.05) is 0 Å². The minimum Gasteiger partial charge on any atom is -0.481 e. The summed E-state index contributed by atoms with van der Waals surface area (Å²) in [4.78, 5) is 26.2. The Bertz CT molecular complexity index is 329. The fourth-order valence-electron chi connectivity index (χ4n) is 2.52. The van der Waals surface area contributed by atoms with Gasteiger partial charge in [0.05, 0.1) is 5.92 Å². The Kier molecular flexibility index (Phi) is 4.06. The van der Waals surface area contributed by atoms with E-state index in [0.29, 0.717) is 25.7 Å². The summed E-state index contributed by atoms with van der Waals surface area (Å²) in [5, 5.41) is 11.6. The zero-order valence-corrected chi connectivity index (χ0v) is 10.8. The third kappa shape index (κ3) is 2.93. The third-order valence-corrected chi connectivity index (χ3v) is 3.93. The first-order valence-corrected chi connectivity index (χ1v) is 6.53. The topological polar surface area (TPSA) is 72.9 Å². The second-order valence-corrected chi connectivity index (χ2v) is 5.26. The van der Waals surface area contributed by atoms with Gasteiger partial charge in [-0.1, -0.05) is 6.42 Å². The van der Waals surface area contributed by atoms with E-state index in [1.165, 1.54) is 12.8 Å². The normalized spacial score (nSPS) is 25.6. The fraction of sp³-hybridized carbons (Fsp3) is 0.833. The molecule has 0 aromatic rings. The number of piperidine rings is 1. The molecule has 102 valence electrons. The number of hydrogen-bond donors (Lipinski definition) is 2. The minimum atomic E-state index is -0.814. The molecule has 2 aliphatic rings. The molecule has 6 nitrogen and oxygen atoms in total. The molecular formula is C12H21N3O3. The highest BCUT2D eigenvalue weighted by atomic mass is 16.4. The molecule has 0 aromatic carbocycles. The second kappa shape index (κ2) is 5.56. The number of urea groups is 1. The van der Waals surface area contributed by atoms with Crippen molar-refractivity contribution in [2.75, 3.05) is 33.2 Å². The number of nitrogens with one attached hydrogen (secondary N) is 1. The van der Waals surface area contributed by atoms with E-state index >= 15 is 0 Å². The van der Waals surface area contributed by atoms with Crippen molar-refractivity contribution in [3.63, 3.8) is 0 Å². The van der Waals surface area contributed by atoms with Gasteiger partial charge >= 0.3 is 12.0 Å². The molecule has 2 fully saturated rings. The van der Waals surface area contributed by atoms with Crippen molar-refractivity contribution in [2.24, 2.45) is 5.92 Å². The standard InChI is InChI=1S/C12H21N3O3/c1-14-5-3-2-4-10(14)6-13-12(18)15-7-9(8-15)11(16)17/h9-10H,2-8H2,1H3,(H,13,18)(H,16,17). The van der Waals surface area contributed by atoms with E-state index in [2.05, 4.69) is 17.3 Å². The van der Waals surface area contributed by atoms with Crippen LogP contribution in [0, 0.1) is 5.92 Å². The van der Waals surface area contributed by atoms with E-state index in [1.54, 1.807) is 4.90 Å². The highest BCUT2D eigenvalue weighted by Gasteiger charge is 2.35. The molecule has 2 rings (SSSR count). The zero-order valence-electron chi connectivity index (χ0n) is 10.8. The van der Waals surface area contributed by atoms with Crippen molar-refractivity contribution < 1.29 is 14.7 Å². The van der Waals surface area contributed by atoms with Crippen LogP contribution in [0.25, 0.3) is 0 Å². The van der Waals surface area contributed by atoms with E-state index in [9.17, 15) is 9.59 Å². The summed E-state index contributed by atoms with van der Waals surface area (Å²) in [5.41, 5.74) is 0. The van der Waals surface area contributed by atoms with Crippen LogP contribution in [0.1, 0.15) is 19.3 Å². The Morgan fingerprint density at radius 1 is 1.33 bits per heavy atom. The summed E-state index contributed by atoms with van der Waals surface area (Å²) < 4.78 is 0. The number of amides is 2. The predicted octanol–water partition coefficient (Wildman–Crippen LogP) is 0.197. The van der Waals surface area contributed by atoms with Gasteiger partial charge in [0.25, 0.3) is 0 Å². The molecule has 2 N–H and O–H groups in total. The van der Waals surface area contributed by atoms with E-state index in [4.69, 9.17) is 5.11 Å². The van der Waals surface area contributed by atoms with Crippen LogP contribution in [0.15, 0.2) is 0 Å². The minimum absolute atomic E-state index is 0.133. The van der Waals surface area contributed by atoms with Gasteiger partial charge in [-0.3, -0.25) is 4.79 Å². The summed E-state index contributed by atoms with van der Waals surface area (Å²) in [6, 6.07) is 0.283. The fourth-order valence-corrected chi connectivity index (χ4v) is 2.52. The summed E-state index contributed by atoms with van der Waals surface area (Å²) in [7, 11) is 2.08. The first kappa shape index (κ1) is 13.1. The number of carboxylic acids is 1. The Balaban J connectivity index is 1.68. The van der Waals surface area contributed by atoms with Crippen LogP contribution in [-0.2, 0) is 4.79 Å². The zero-order chi connectivity index (χ0) is 13.1. The van der Waals surface area contributed by atoms with E-state index in [0.717, 1.165) is 13.0 Å². The third-order valence-electron chi connectivity index (χ3n) is 3.93. The van der Waals surface area contributed by atoms with Gasteiger partial charge in [0.1, 0.15) is 0 Å². The Hall–Kier alpha value is -1.30. The summed E-state index contributed by atoms with van der Waals surface area (Å²) in [5.74, 6) is -1.20. The lowest BCUT2D eigenvalue weighted by Crippen LogP contribution is -2.57. The number of rotatable bonds is 3. The average Bonchev–Trinajstić information content (AvgIpc) is 2.25. The van der Waals surface area contributed by atoms with Crippen molar-refractivity contribution in [3.8, 4) is 0 Å². The lowest BCUT2D eigenvalue weighted by molar-refractivity contribution is -0.146. The van der Waals surface area contributed by atoms with Crippen LogP contribution in [0.5, 0.6) is 0 Å². The molecule has 0 saturated carbocycles. The first-order valence-electron chi connectivity index (χ1n) is 6.53. The van der Waals surface area contributed by atoms with Gasteiger partial charge in [-0.05, 0) is 26.4 Å². The number of likely N-dealkylation sites (tertiary alicyclic amines) is 2. The monoisotopic (exact) mass is 255 g/mol. The number of nitrogens with zero attached hydrogens (tertiary/aromatic N) is 2. The molecule has 0 aliphatic carbocycles. The smallest absolute Gasteiger partial charge is 0.317 e. The second-order valence-electron chi connectivity index (χ2n) is 5.26. The summed E-state index contributed by atoms with van der Waals surface area (Å²) in [6.07, 6.45) is 3.57. The molecule has 0 aromatic heterocycles. The van der Waals surface area contributed by atoms with Crippen LogP contribution in [0.3, 0.4) is 0 Å². The number of carboxylic acid groups (broad SMARTS) is 1. The van der Waals surface area contributed by atoms with Crippen LogP contribution < -0.4 is 5.32 Å². The van der Waals surface area contributed by atoms with Crippen molar-refractivity contribution in [1.29, 1.82) is 0 Å². The molecule has 2 aliphatic heterocycles.